The number of hydrogen-bond acceptors (Lipinski definition) is 3. The van der Waals surface area contributed by atoms with Crippen LogP contribution in [0.3, 0.4) is 0 Å². The maximum absolute atomic E-state index is 12.5. The normalized spacial score (nSPS) is 15.3. The van der Waals surface area contributed by atoms with Crippen LogP contribution in [0.15, 0.2) is 24.3 Å². The fourth-order valence-corrected chi connectivity index (χ4v) is 2.67. The molecule has 1 aliphatic rings. The summed E-state index contributed by atoms with van der Waals surface area (Å²) in [4.78, 5) is 37.5. The van der Waals surface area contributed by atoms with Crippen LogP contribution in [0.4, 0.5) is 0 Å². The third-order valence-electron chi connectivity index (χ3n) is 3.81. The Hall–Kier alpha value is -2.08. The van der Waals surface area contributed by atoms with Crippen LogP contribution in [0.2, 0.25) is 5.02 Å². The smallest absolute Gasteiger partial charge is 0.251 e. The highest BCUT2D eigenvalue weighted by atomic mass is 35.5. The number of hydrogen-bond donors (Lipinski definition) is 2. The van der Waals surface area contributed by atoms with E-state index in [0.717, 1.165) is 12.8 Å². The summed E-state index contributed by atoms with van der Waals surface area (Å²) in [6, 6.07) is 5.64. The van der Waals surface area contributed by atoms with Crippen LogP contribution in [-0.4, -0.2) is 41.8 Å². The topological polar surface area (TPSA) is 92.5 Å². The van der Waals surface area contributed by atoms with Gasteiger partial charge in [0.15, 0.2) is 0 Å². The zero-order chi connectivity index (χ0) is 16.8. The number of carbonyl (C=O) groups excluding carboxylic acids is 3. The second-order valence-corrected chi connectivity index (χ2v) is 6.01. The van der Waals surface area contributed by atoms with E-state index in [9.17, 15) is 14.4 Å². The number of rotatable bonds is 6. The van der Waals surface area contributed by atoms with Crippen LogP contribution in [0, 0.1) is 0 Å². The highest BCUT2D eigenvalue weighted by Crippen LogP contribution is 2.13. The van der Waals surface area contributed by atoms with E-state index in [0.29, 0.717) is 23.7 Å². The molecule has 1 heterocycles. The number of amides is 3. The molecule has 3 N–H and O–H groups in total. The van der Waals surface area contributed by atoms with Crippen LogP contribution in [0.25, 0.3) is 0 Å². The largest absolute Gasteiger partial charge is 0.370 e. The number of benzene rings is 1. The molecule has 1 fully saturated rings. The predicted molar refractivity (Wildman–Crippen MR) is 86.9 cm³/mol. The van der Waals surface area contributed by atoms with Gasteiger partial charge >= 0.3 is 0 Å². The van der Waals surface area contributed by atoms with Crippen LogP contribution in [0.1, 0.15) is 36.0 Å². The highest BCUT2D eigenvalue weighted by Gasteiger charge is 2.28. The molecule has 0 spiro atoms. The Morgan fingerprint density at radius 1 is 1.17 bits per heavy atom. The lowest BCUT2D eigenvalue weighted by molar-refractivity contribution is -0.132. The van der Waals surface area contributed by atoms with E-state index in [-0.39, 0.29) is 24.7 Å². The van der Waals surface area contributed by atoms with Crippen molar-refractivity contribution in [3.63, 3.8) is 0 Å². The molecule has 0 radical (unpaired) electrons. The molecule has 7 heteroatoms. The third-order valence-corrected chi connectivity index (χ3v) is 4.06. The van der Waals surface area contributed by atoms with Crippen molar-refractivity contribution in [1.29, 1.82) is 0 Å². The lowest BCUT2D eigenvalue weighted by atomic mass is 10.1. The molecule has 1 atom stereocenters. The number of nitrogens with zero attached hydrogens (tertiary/aromatic N) is 1. The van der Waals surface area contributed by atoms with Crippen molar-refractivity contribution in [2.45, 2.75) is 31.7 Å². The summed E-state index contributed by atoms with van der Waals surface area (Å²) in [7, 11) is 0. The van der Waals surface area contributed by atoms with Gasteiger partial charge in [-0.25, -0.2) is 0 Å². The van der Waals surface area contributed by atoms with E-state index < -0.39 is 11.9 Å². The van der Waals surface area contributed by atoms with Gasteiger partial charge in [-0.15, -0.1) is 0 Å². The van der Waals surface area contributed by atoms with Crippen molar-refractivity contribution in [2.24, 2.45) is 5.73 Å². The first-order chi connectivity index (χ1) is 11.0. The van der Waals surface area contributed by atoms with E-state index >= 15 is 0 Å². The van der Waals surface area contributed by atoms with Crippen LogP contribution in [0.5, 0.6) is 0 Å². The SMILES string of the molecule is NC(=O)CC[C@@H](NC(=O)c1ccc(Cl)cc1)C(=O)N1CCCC1. The summed E-state index contributed by atoms with van der Waals surface area (Å²) in [6.07, 6.45) is 2.16. The molecule has 0 bridgehead atoms. The Morgan fingerprint density at radius 3 is 2.35 bits per heavy atom. The second-order valence-electron chi connectivity index (χ2n) is 5.57. The lowest BCUT2D eigenvalue weighted by Crippen LogP contribution is -2.48. The minimum atomic E-state index is -0.747. The monoisotopic (exact) mass is 337 g/mol. The van der Waals surface area contributed by atoms with Crippen molar-refractivity contribution >= 4 is 29.3 Å². The molecule has 23 heavy (non-hydrogen) atoms. The minimum Gasteiger partial charge on any atom is -0.370 e. The number of halogens is 1. The first-order valence-corrected chi connectivity index (χ1v) is 7.98. The molecular weight excluding hydrogens is 318 g/mol. The molecule has 0 aliphatic carbocycles. The summed E-state index contributed by atoms with van der Waals surface area (Å²) < 4.78 is 0. The first kappa shape index (κ1) is 17.3. The van der Waals surface area contributed by atoms with Crippen molar-refractivity contribution in [3.8, 4) is 0 Å². The zero-order valence-corrected chi connectivity index (χ0v) is 13.5. The summed E-state index contributed by atoms with van der Waals surface area (Å²) in [5.41, 5.74) is 5.57. The van der Waals surface area contributed by atoms with Crippen molar-refractivity contribution in [3.05, 3.63) is 34.9 Å². The molecule has 1 aliphatic heterocycles. The Balaban J connectivity index is 2.06. The summed E-state index contributed by atoms with van der Waals surface area (Å²) in [5, 5.41) is 3.23. The number of nitrogens with one attached hydrogen (secondary N) is 1. The van der Waals surface area contributed by atoms with Gasteiger partial charge in [0.25, 0.3) is 5.91 Å². The highest BCUT2D eigenvalue weighted by molar-refractivity contribution is 6.30. The van der Waals surface area contributed by atoms with E-state index in [1.165, 1.54) is 0 Å². The maximum atomic E-state index is 12.5. The molecule has 6 nitrogen and oxygen atoms in total. The molecule has 1 aromatic carbocycles. The average Bonchev–Trinajstić information content (AvgIpc) is 3.05. The van der Waals surface area contributed by atoms with Crippen LogP contribution in [-0.2, 0) is 9.59 Å². The van der Waals surface area contributed by atoms with Gasteiger partial charge in [-0.2, -0.15) is 0 Å². The van der Waals surface area contributed by atoms with Crippen molar-refractivity contribution < 1.29 is 14.4 Å². The first-order valence-electron chi connectivity index (χ1n) is 7.61. The summed E-state index contributed by atoms with van der Waals surface area (Å²) >= 11 is 5.80. The van der Waals surface area contributed by atoms with E-state index in [2.05, 4.69) is 5.32 Å². The molecule has 1 saturated heterocycles. The number of nitrogens with two attached hydrogens (primary N) is 1. The van der Waals surface area contributed by atoms with Gasteiger partial charge in [0.05, 0.1) is 0 Å². The van der Waals surface area contributed by atoms with Crippen molar-refractivity contribution in [2.75, 3.05) is 13.1 Å². The average molecular weight is 338 g/mol. The Bertz CT molecular complexity index is 583. The molecule has 3 amide bonds. The minimum absolute atomic E-state index is 0.0468. The quantitative estimate of drug-likeness (QED) is 0.820. The number of likely N-dealkylation sites (tertiary alicyclic amines) is 1. The van der Waals surface area contributed by atoms with Gasteiger partial charge in [-0.05, 0) is 43.5 Å². The van der Waals surface area contributed by atoms with Crippen LogP contribution < -0.4 is 11.1 Å². The van der Waals surface area contributed by atoms with E-state index in [4.69, 9.17) is 17.3 Å². The van der Waals surface area contributed by atoms with E-state index in [1.807, 2.05) is 0 Å². The lowest BCUT2D eigenvalue weighted by Gasteiger charge is -2.23. The molecular formula is C16H20ClN3O3. The number of carbonyl (C=O) groups is 3. The van der Waals surface area contributed by atoms with Crippen LogP contribution >= 0.6 is 11.6 Å². The Morgan fingerprint density at radius 2 is 1.78 bits per heavy atom. The van der Waals surface area contributed by atoms with Crippen molar-refractivity contribution in [1.82, 2.24) is 10.2 Å². The molecule has 2 rings (SSSR count). The Labute approximate surface area is 140 Å². The molecule has 0 saturated carbocycles. The van der Waals surface area contributed by atoms with Gasteiger partial charge in [0.1, 0.15) is 6.04 Å². The maximum Gasteiger partial charge on any atom is 0.251 e. The molecule has 0 aromatic heterocycles. The predicted octanol–water partition coefficient (Wildman–Crippen LogP) is 1.33. The summed E-state index contributed by atoms with van der Waals surface area (Å²) in [6.45, 7) is 1.37. The molecule has 124 valence electrons. The van der Waals surface area contributed by atoms with Gasteiger partial charge in [-0.1, -0.05) is 11.6 Å². The fourth-order valence-electron chi connectivity index (χ4n) is 2.54. The molecule has 0 unspecified atom stereocenters. The standard InChI is InChI=1S/C16H20ClN3O3/c17-12-5-3-11(4-6-12)15(22)19-13(7-8-14(18)21)16(23)20-9-1-2-10-20/h3-6,13H,1-2,7-10H2,(H2,18,21)(H,19,22)/t13-/m1/s1. The third kappa shape index (κ3) is 4.96. The van der Waals surface area contributed by atoms with Gasteiger partial charge in [0, 0.05) is 30.1 Å². The molecule has 1 aromatic rings. The fraction of sp³-hybridized carbons (Fsp3) is 0.438. The second kappa shape index (κ2) is 7.97. The van der Waals surface area contributed by atoms with Gasteiger partial charge in [0.2, 0.25) is 11.8 Å². The van der Waals surface area contributed by atoms with Gasteiger partial charge < -0.3 is 16.0 Å². The number of primary amides is 1. The van der Waals surface area contributed by atoms with E-state index in [1.54, 1.807) is 29.2 Å². The zero-order valence-electron chi connectivity index (χ0n) is 12.8. The Kier molecular flexibility index (Phi) is 5.98. The van der Waals surface area contributed by atoms with Gasteiger partial charge in [-0.3, -0.25) is 14.4 Å². The summed E-state index contributed by atoms with van der Waals surface area (Å²) in [5.74, 6) is -1.03.